The van der Waals surface area contributed by atoms with Crippen molar-refractivity contribution in [3.63, 3.8) is 0 Å². The summed E-state index contributed by atoms with van der Waals surface area (Å²) in [5, 5.41) is 10.6. The van der Waals surface area contributed by atoms with Crippen LogP contribution in [0.3, 0.4) is 0 Å². The van der Waals surface area contributed by atoms with E-state index in [0.717, 1.165) is 32.3 Å². The maximum absolute atomic E-state index is 12.7. The molecule has 4 nitrogen and oxygen atoms in total. The van der Waals surface area contributed by atoms with Gasteiger partial charge in [0.15, 0.2) is 0 Å². The van der Waals surface area contributed by atoms with Crippen LogP contribution in [-0.4, -0.2) is 24.4 Å². The quantitative estimate of drug-likeness (QED) is 0.176. The molecule has 3 aromatic rings. The van der Waals surface area contributed by atoms with Gasteiger partial charge in [0.25, 0.3) is 5.91 Å². The first kappa shape index (κ1) is 22.8. The fraction of sp³-hybridized carbons (Fsp3) is 0.0741. The number of hydrogen-bond donors (Lipinski definition) is 2. The highest BCUT2D eigenvalue weighted by Gasteiger charge is 2.19. The van der Waals surface area contributed by atoms with Crippen LogP contribution in [0, 0.1) is 5.41 Å². The molecular weight excluding hydrogens is 450 g/mol. The number of carbonyl (C=O) groups is 1. The second kappa shape index (κ2) is 10.9. The predicted molar refractivity (Wildman–Crippen MR) is 138 cm³/mol. The van der Waals surface area contributed by atoms with Gasteiger partial charge < -0.3 is 10.7 Å². The normalized spacial score (nSPS) is 12.7. The molecule has 164 valence electrons. The highest BCUT2D eigenvalue weighted by atomic mass is 35.5. The average Bonchev–Trinajstić information content (AvgIpc) is 3.00. The Morgan fingerprint density at radius 3 is 2.64 bits per heavy atom. The van der Waals surface area contributed by atoms with Crippen LogP contribution in [-0.2, 0) is 0 Å². The fourth-order valence-corrected chi connectivity index (χ4v) is 4.51. The third kappa shape index (κ3) is 5.69. The number of hydrogen-bond acceptors (Lipinski definition) is 4. The van der Waals surface area contributed by atoms with E-state index in [1.807, 2.05) is 66.7 Å². The molecule has 0 saturated carbocycles. The first-order valence-corrected chi connectivity index (χ1v) is 11.7. The molecule has 1 aliphatic rings. The number of halogens is 1. The molecule has 33 heavy (non-hydrogen) atoms. The Morgan fingerprint density at radius 2 is 1.82 bits per heavy atom. The molecule has 0 spiro atoms. The number of aliphatic imine (C=N–C) groups is 1. The molecule has 6 heteroatoms. The number of fused-ring (bicyclic) bond motifs is 2. The smallest absolute Gasteiger partial charge is 0.251 e. The summed E-state index contributed by atoms with van der Waals surface area (Å²) in [5.41, 5.74) is 4.22. The van der Waals surface area contributed by atoms with Gasteiger partial charge in [-0.2, -0.15) is 0 Å². The van der Waals surface area contributed by atoms with Gasteiger partial charge in [-0.15, -0.1) is 0 Å². The number of amides is 1. The van der Waals surface area contributed by atoms with Crippen molar-refractivity contribution in [1.29, 1.82) is 5.41 Å². The summed E-state index contributed by atoms with van der Waals surface area (Å²) in [6.45, 7) is 0.532. The zero-order chi connectivity index (χ0) is 23.0. The Balaban J connectivity index is 1.60. The Kier molecular flexibility index (Phi) is 7.55. The minimum atomic E-state index is -0.128. The van der Waals surface area contributed by atoms with Crippen LogP contribution < -0.4 is 5.32 Å². The largest absolute Gasteiger partial charge is 0.352 e. The Morgan fingerprint density at radius 1 is 1.00 bits per heavy atom. The molecule has 0 saturated heterocycles. The van der Waals surface area contributed by atoms with Crippen LogP contribution >= 0.6 is 23.4 Å². The van der Waals surface area contributed by atoms with E-state index in [4.69, 9.17) is 22.0 Å². The number of nitrogens with one attached hydrogen (secondary N) is 2. The molecular formula is C27H22ClN3OS. The molecule has 0 unspecified atom stereocenters. The van der Waals surface area contributed by atoms with E-state index in [1.165, 1.54) is 6.21 Å². The van der Waals surface area contributed by atoms with Gasteiger partial charge in [-0.3, -0.25) is 4.79 Å². The fourth-order valence-electron chi connectivity index (χ4n) is 3.38. The molecule has 1 aliphatic heterocycles. The molecule has 3 aromatic carbocycles. The lowest BCUT2D eigenvalue weighted by Gasteiger charge is -2.09. The monoisotopic (exact) mass is 471 g/mol. The second-order valence-electron chi connectivity index (χ2n) is 7.27. The summed E-state index contributed by atoms with van der Waals surface area (Å²) in [4.78, 5) is 19.8. The molecule has 1 heterocycles. The van der Waals surface area contributed by atoms with Gasteiger partial charge in [0.2, 0.25) is 0 Å². The van der Waals surface area contributed by atoms with Crippen molar-refractivity contribution >= 4 is 46.9 Å². The second-order valence-corrected chi connectivity index (χ2v) is 8.79. The number of allylic oxidation sites excluding steroid dienone is 3. The minimum Gasteiger partial charge on any atom is -0.352 e. The summed E-state index contributed by atoms with van der Waals surface area (Å²) < 4.78 is 0. The van der Waals surface area contributed by atoms with Crippen LogP contribution in [0.1, 0.15) is 27.9 Å². The molecule has 0 aliphatic carbocycles. The molecule has 0 aromatic heterocycles. The van der Waals surface area contributed by atoms with Crippen LogP contribution in [0.5, 0.6) is 0 Å². The van der Waals surface area contributed by atoms with E-state index >= 15 is 0 Å². The lowest BCUT2D eigenvalue weighted by Crippen LogP contribution is -2.24. The van der Waals surface area contributed by atoms with E-state index in [-0.39, 0.29) is 5.91 Å². The molecule has 0 atom stereocenters. The topological polar surface area (TPSA) is 65.3 Å². The standard InChI is InChI=1S/C27H22ClN3OS/c28-21-13-10-19(11-14-21)26-22-8-4-5-9-24(22)33-25-15-12-20(18-23(25)31-26)27(32)30-17-7-3-1-2-6-16-29/h1-6,8-16,18,29H,7,17H2,(H,30,32)/b3-1+,6-2-,29-16?. The van der Waals surface area contributed by atoms with E-state index in [0.29, 0.717) is 23.6 Å². The van der Waals surface area contributed by atoms with Crippen molar-refractivity contribution in [2.45, 2.75) is 16.2 Å². The maximum atomic E-state index is 12.7. The highest BCUT2D eigenvalue weighted by molar-refractivity contribution is 7.99. The Hall–Kier alpha value is -3.41. The highest BCUT2D eigenvalue weighted by Crippen LogP contribution is 2.41. The maximum Gasteiger partial charge on any atom is 0.251 e. The van der Waals surface area contributed by atoms with Gasteiger partial charge in [0.05, 0.1) is 11.4 Å². The third-order valence-electron chi connectivity index (χ3n) is 4.98. The summed E-state index contributed by atoms with van der Waals surface area (Å²) in [6, 6.07) is 21.5. The molecule has 0 fully saturated rings. The Labute approximate surface area is 202 Å². The molecule has 4 rings (SSSR count). The van der Waals surface area contributed by atoms with Gasteiger partial charge in [-0.25, -0.2) is 4.99 Å². The van der Waals surface area contributed by atoms with Gasteiger partial charge in [0.1, 0.15) is 0 Å². The first-order valence-electron chi connectivity index (χ1n) is 10.5. The van der Waals surface area contributed by atoms with E-state index in [1.54, 1.807) is 23.9 Å². The molecule has 0 radical (unpaired) electrons. The van der Waals surface area contributed by atoms with Crippen molar-refractivity contribution in [2.24, 2.45) is 4.99 Å². The lowest BCUT2D eigenvalue weighted by atomic mass is 10.0. The van der Waals surface area contributed by atoms with Crippen LogP contribution in [0.25, 0.3) is 0 Å². The number of benzene rings is 3. The van der Waals surface area contributed by atoms with Crippen LogP contribution in [0.15, 0.2) is 106 Å². The predicted octanol–water partition coefficient (Wildman–Crippen LogP) is 6.86. The third-order valence-corrected chi connectivity index (χ3v) is 6.38. The van der Waals surface area contributed by atoms with Crippen molar-refractivity contribution < 1.29 is 4.79 Å². The SMILES string of the molecule is N=C/C=C\C=C\CCNC(=O)c1ccc2c(c1)N=C(c1ccc(Cl)cc1)c1ccccc1S2. The van der Waals surface area contributed by atoms with E-state index in [9.17, 15) is 4.79 Å². The van der Waals surface area contributed by atoms with Crippen molar-refractivity contribution in [3.05, 3.63) is 113 Å². The summed E-state index contributed by atoms with van der Waals surface area (Å²) >= 11 is 7.75. The summed E-state index contributed by atoms with van der Waals surface area (Å²) in [7, 11) is 0. The van der Waals surface area contributed by atoms with Gasteiger partial charge in [-0.1, -0.05) is 71.9 Å². The number of nitrogens with zero attached hydrogens (tertiary/aromatic N) is 1. The van der Waals surface area contributed by atoms with Crippen LogP contribution in [0.2, 0.25) is 5.02 Å². The Bertz CT molecular complexity index is 1260. The molecule has 2 N–H and O–H groups in total. The van der Waals surface area contributed by atoms with Crippen molar-refractivity contribution in [3.8, 4) is 0 Å². The minimum absolute atomic E-state index is 0.128. The lowest BCUT2D eigenvalue weighted by molar-refractivity contribution is 0.0954. The van der Waals surface area contributed by atoms with Crippen molar-refractivity contribution in [2.75, 3.05) is 6.54 Å². The van der Waals surface area contributed by atoms with Gasteiger partial charge in [-0.05, 0) is 48.9 Å². The number of rotatable bonds is 7. The average molecular weight is 472 g/mol. The van der Waals surface area contributed by atoms with Crippen molar-refractivity contribution in [1.82, 2.24) is 5.32 Å². The van der Waals surface area contributed by atoms with Crippen LogP contribution in [0.4, 0.5) is 5.69 Å². The summed E-state index contributed by atoms with van der Waals surface area (Å²) in [5.74, 6) is -0.128. The van der Waals surface area contributed by atoms with E-state index in [2.05, 4.69) is 17.4 Å². The summed E-state index contributed by atoms with van der Waals surface area (Å²) in [6.07, 6.45) is 9.17. The van der Waals surface area contributed by atoms with E-state index < -0.39 is 0 Å². The molecule has 1 amide bonds. The number of carbonyl (C=O) groups excluding carboxylic acids is 1. The zero-order valence-electron chi connectivity index (χ0n) is 17.8. The zero-order valence-corrected chi connectivity index (χ0v) is 19.4. The molecule has 0 bridgehead atoms. The first-order chi connectivity index (χ1) is 16.2. The van der Waals surface area contributed by atoms with Gasteiger partial charge in [0, 0.05) is 44.3 Å². The van der Waals surface area contributed by atoms with Gasteiger partial charge >= 0.3 is 0 Å².